The molecule has 100 valence electrons. The summed E-state index contributed by atoms with van der Waals surface area (Å²) in [5.41, 5.74) is 1.29. The van der Waals surface area contributed by atoms with Crippen molar-refractivity contribution in [1.29, 1.82) is 0 Å². The summed E-state index contributed by atoms with van der Waals surface area (Å²) in [6.07, 6.45) is 1.60. The van der Waals surface area contributed by atoms with Crippen molar-refractivity contribution in [2.24, 2.45) is 0 Å². The molecule has 0 saturated heterocycles. The first-order chi connectivity index (χ1) is 9.02. The van der Waals surface area contributed by atoms with Gasteiger partial charge in [0.15, 0.2) is 5.82 Å². The molecule has 2 nitrogen and oxygen atoms in total. The Morgan fingerprint density at radius 3 is 2.26 bits per heavy atom. The Labute approximate surface area is 125 Å². The second-order valence-electron chi connectivity index (χ2n) is 3.99. The summed E-state index contributed by atoms with van der Waals surface area (Å²) in [7, 11) is 0. The van der Waals surface area contributed by atoms with E-state index in [1.165, 1.54) is 18.2 Å². The SMILES string of the molecule is CCCc1c(Cl)nc(-c2ccc(F)c(Cl)c2)nc1Cl. The van der Waals surface area contributed by atoms with Crippen LogP contribution in [-0.4, -0.2) is 9.97 Å². The summed E-state index contributed by atoms with van der Waals surface area (Å²) < 4.78 is 13.1. The van der Waals surface area contributed by atoms with Crippen LogP contribution in [0, 0.1) is 5.82 Å². The Bertz CT molecular complexity index is 594. The molecule has 1 aromatic carbocycles. The zero-order valence-corrected chi connectivity index (χ0v) is 12.3. The molecule has 0 aliphatic heterocycles. The molecule has 2 aromatic rings. The van der Waals surface area contributed by atoms with Gasteiger partial charge in [-0.1, -0.05) is 48.1 Å². The molecule has 0 saturated carbocycles. The number of aromatic nitrogens is 2. The van der Waals surface area contributed by atoms with Crippen LogP contribution in [0.4, 0.5) is 4.39 Å². The van der Waals surface area contributed by atoms with Crippen molar-refractivity contribution in [3.8, 4) is 11.4 Å². The van der Waals surface area contributed by atoms with Crippen molar-refractivity contribution < 1.29 is 4.39 Å². The lowest BCUT2D eigenvalue weighted by atomic mass is 10.2. The van der Waals surface area contributed by atoms with Crippen LogP contribution in [-0.2, 0) is 6.42 Å². The highest BCUT2D eigenvalue weighted by Gasteiger charge is 2.13. The third-order valence-corrected chi connectivity index (χ3v) is 3.50. The average molecular weight is 320 g/mol. The van der Waals surface area contributed by atoms with E-state index in [0.29, 0.717) is 28.1 Å². The second kappa shape index (κ2) is 6.04. The fourth-order valence-corrected chi connectivity index (χ4v) is 2.41. The zero-order chi connectivity index (χ0) is 14.0. The van der Waals surface area contributed by atoms with Gasteiger partial charge in [-0.2, -0.15) is 0 Å². The van der Waals surface area contributed by atoms with Crippen molar-refractivity contribution in [1.82, 2.24) is 9.97 Å². The summed E-state index contributed by atoms with van der Waals surface area (Å²) in [6, 6.07) is 4.23. The van der Waals surface area contributed by atoms with E-state index in [-0.39, 0.29) is 5.02 Å². The molecule has 0 fully saturated rings. The molecule has 0 bridgehead atoms. The summed E-state index contributed by atoms with van der Waals surface area (Å²) in [6.45, 7) is 2.01. The van der Waals surface area contributed by atoms with E-state index in [0.717, 1.165) is 12.0 Å². The maximum atomic E-state index is 13.1. The van der Waals surface area contributed by atoms with Gasteiger partial charge >= 0.3 is 0 Å². The molecule has 0 N–H and O–H groups in total. The molecule has 0 amide bonds. The summed E-state index contributed by atoms with van der Waals surface area (Å²) in [5.74, 6) is -0.165. The van der Waals surface area contributed by atoms with Gasteiger partial charge in [0.2, 0.25) is 0 Å². The van der Waals surface area contributed by atoms with Crippen molar-refractivity contribution in [2.45, 2.75) is 19.8 Å². The normalized spacial score (nSPS) is 10.8. The Morgan fingerprint density at radius 2 is 1.74 bits per heavy atom. The quantitative estimate of drug-likeness (QED) is 0.727. The zero-order valence-electron chi connectivity index (χ0n) is 10.1. The van der Waals surface area contributed by atoms with Crippen LogP contribution in [0.3, 0.4) is 0 Å². The maximum Gasteiger partial charge on any atom is 0.162 e. The van der Waals surface area contributed by atoms with Gasteiger partial charge < -0.3 is 0 Å². The predicted octanol–water partition coefficient (Wildman–Crippen LogP) is 5.20. The highest BCUT2D eigenvalue weighted by Crippen LogP contribution is 2.28. The first-order valence-corrected chi connectivity index (χ1v) is 6.83. The molecular formula is C13H10Cl3FN2. The summed E-state index contributed by atoms with van der Waals surface area (Å²) in [4.78, 5) is 8.36. The van der Waals surface area contributed by atoms with Crippen LogP contribution in [0.15, 0.2) is 18.2 Å². The lowest BCUT2D eigenvalue weighted by molar-refractivity contribution is 0.628. The smallest absolute Gasteiger partial charge is 0.162 e. The largest absolute Gasteiger partial charge is 0.216 e. The molecule has 0 spiro atoms. The van der Waals surface area contributed by atoms with Crippen LogP contribution in [0.1, 0.15) is 18.9 Å². The molecule has 2 rings (SSSR count). The van der Waals surface area contributed by atoms with E-state index in [9.17, 15) is 4.39 Å². The predicted molar refractivity (Wildman–Crippen MR) is 76.5 cm³/mol. The summed E-state index contributed by atoms with van der Waals surface area (Å²) in [5, 5.41) is 0.639. The molecule has 1 heterocycles. The minimum atomic E-state index is -0.495. The van der Waals surface area contributed by atoms with Gasteiger partial charge in [0.1, 0.15) is 16.1 Å². The van der Waals surface area contributed by atoms with Crippen LogP contribution in [0.2, 0.25) is 15.3 Å². The minimum absolute atomic E-state index is 0.00554. The third kappa shape index (κ3) is 3.16. The van der Waals surface area contributed by atoms with Gasteiger partial charge in [-0.25, -0.2) is 14.4 Å². The van der Waals surface area contributed by atoms with Gasteiger partial charge in [-0.15, -0.1) is 0 Å². The van der Waals surface area contributed by atoms with E-state index in [2.05, 4.69) is 9.97 Å². The molecule has 0 radical (unpaired) electrons. The van der Waals surface area contributed by atoms with Crippen LogP contribution in [0.25, 0.3) is 11.4 Å². The topological polar surface area (TPSA) is 25.8 Å². The molecule has 0 atom stereocenters. The Hall–Kier alpha value is -0.900. The highest BCUT2D eigenvalue weighted by molar-refractivity contribution is 6.34. The molecule has 0 unspecified atom stereocenters. The van der Waals surface area contributed by atoms with Crippen molar-refractivity contribution in [2.75, 3.05) is 0 Å². The van der Waals surface area contributed by atoms with Crippen molar-refractivity contribution >= 4 is 34.8 Å². The first kappa shape index (κ1) is 14.5. The number of halogens is 4. The fraction of sp³-hybridized carbons (Fsp3) is 0.231. The molecule has 0 aliphatic carbocycles. The van der Waals surface area contributed by atoms with E-state index in [4.69, 9.17) is 34.8 Å². The van der Waals surface area contributed by atoms with Gasteiger partial charge in [0.05, 0.1) is 5.02 Å². The highest BCUT2D eigenvalue weighted by atomic mass is 35.5. The monoisotopic (exact) mass is 318 g/mol. The van der Waals surface area contributed by atoms with Gasteiger partial charge in [-0.05, 0) is 24.6 Å². The van der Waals surface area contributed by atoms with E-state index in [1.807, 2.05) is 6.92 Å². The third-order valence-electron chi connectivity index (χ3n) is 2.58. The number of hydrogen-bond acceptors (Lipinski definition) is 2. The Morgan fingerprint density at radius 1 is 1.11 bits per heavy atom. The Balaban J connectivity index is 2.48. The van der Waals surface area contributed by atoms with E-state index < -0.39 is 5.82 Å². The molecular weight excluding hydrogens is 310 g/mol. The number of rotatable bonds is 3. The second-order valence-corrected chi connectivity index (χ2v) is 5.11. The van der Waals surface area contributed by atoms with Crippen LogP contribution < -0.4 is 0 Å². The van der Waals surface area contributed by atoms with Crippen molar-refractivity contribution in [3.05, 3.63) is 44.9 Å². The lowest BCUT2D eigenvalue weighted by Crippen LogP contribution is -1.97. The standard InChI is InChI=1S/C13H10Cl3FN2/c1-2-3-8-11(15)18-13(19-12(8)16)7-4-5-10(17)9(14)6-7/h4-6H,2-3H2,1H3. The number of benzene rings is 1. The van der Waals surface area contributed by atoms with E-state index >= 15 is 0 Å². The Kier molecular flexibility index (Phi) is 4.61. The average Bonchev–Trinajstić information content (AvgIpc) is 2.37. The van der Waals surface area contributed by atoms with Gasteiger partial charge in [-0.3, -0.25) is 0 Å². The summed E-state index contributed by atoms with van der Waals surface area (Å²) >= 11 is 17.9. The van der Waals surface area contributed by atoms with Crippen LogP contribution in [0.5, 0.6) is 0 Å². The first-order valence-electron chi connectivity index (χ1n) is 5.70. The van der Waals surface area contributed by atoms with Crippen molar-refractivity contribution in [3.63, 3.8) is 0 Å². The fourth-order valence-electron chi connectivity index (χ4n) is 1.65. The maximum absolute atomic E-state index is 13.1. The lowest BCUT2D eigenvalue weighted by Gasteiger charge is -2.07. The van der Waals surface area contributed by atoms with Gasteiger partial charge in [0, 0.05) is 11.1 Å². The minimum Gasteiger partial charge on any atom is -0.216 e. The molecule has 0 aliphatic rings. The number of hydrogen-bond donors (Lipinski definition) is 0. The van der Waals surface area contributed by atoms with Gasteiger partial charge in [0.25, 0.3) is 0 Å². The molecule has 6 heteroatoms. The van der Waals surface area contributed by atoms with E-state index in [1.54, 1.807) is 0 Å². The number of nitrogens with zero attached hydrogens (tertiary/aromatic N) is 2. The molecule has 19 heavy (non-hydrogen) atoms. The van der Waals surface area contributed by atoms with Crippen LogP contribution >= 0.6 is 34.8 Å². The molecule has 1 aromatic heterocycles.